The van der Waals surface area contributed by atoms with E-state index in [9.17, 15) is 4.79 Å². The van der Waals surface area contributed by atoms with Crippen LogP contribution < -0.4 is 0 Å². The number of para-hydroxylation sites is 2. The predicted molar refractivity (Wildman–Crippen MR) is 91.4 cm³/mol. The molecule has 3 aromatic carbocycles. The van der Waals surface area contributed by atoms with E-state index in [2.05, 4.69) is 9.97 Å². The van der Waals surface area contributed by atoms with Gasteiger partial charge in [-0.2, -0.15) is 0 Å². The highest BCUT2D eigenvalue weighted by atomic mass is 16.1. The number of benzene rings is 3. The van der Waals surface area contributed by atoms with Gasteiger partial charge in [0.25, 0.3) is 0 Å². The molecule has 0 spiro atoms. The van der Waals surface area contributed by atoms with Gasteiger partial charge in [-0.1, -0.05) is 66.7 Å². The monoisotopic (exact) mass is 298 g/mol. The van der Waals surface area contributed by atoms with Gasteiger partial charge in [0.1, 0.15) is 5.82 Å². The van der Waals surface area contributed by atoms with E-state index in [0.717, 1.165) is 22.4 Å². The molecule has 0 radical (unpaired) electrons. The summed E-state index contributed by atoms with van der Waals surface area (Å²) in [5, 5.41) is 0. The van der Waals surface area contributed by atoms with E-state index in [-0.39, 0.29) is 5.78 Å². The largest absolute Gasteiger partial charge is 0.338 e. The number of hydrogen-bond acceptors (Lipinski definition) is 2. The van der Waals surface area contributed by atoms with Crippen LogP contribution in [0.2, 0.25) is 0 Å². The Kier molecular flexibility index (Phi) is 3.24. The standard InChI is InChI=1S/C20H14N2O/c23-19(14-6-2-1-3-7-14)15-10-12-16(13-11-15)20-21-17-8-4-5-9-18(17)22-20/h1-13H,(H,21,22). The number of hydrogen-bond donors (Lipinski definition) is 1. The maximum absolute atomic E-state index is 12.4. The highest BCUT2D eigenvalue weighted by Gasteiger charge is 2.10. The lowest BCUT2D eigenvalue weighted by Gasteiger charge is -2.02. The summed E-state index contributed by atoms with van der Waals surface area (Å²) in [4.78, 5) is 20.3. The van der Waals surface area contributed by atoms with Crippen molar-refractivity contribution in [1.29, 1.82) is 0 Å². The first-order valence-corrected chi connectivity index (χ1v) is 7.46. The zero-order chi connectivity index (χ0) is 15.6. The smallest absolute Gasteiger partial charge is 0.193 e. The molecule has 1 N–H and O–H groups in total. The number of H-pyrrole nitrogens is 1. The molecular formula is C20H14N2O. The molecule has 110 valence electrons. The van der Waals surface area contributed by atoms with Gasteiger partial charge in [0.05, 0.1) is 11.0 Å². The van der Waals surface area contributed by atoms with Crippen molar-refractivity contribution in [3.05, 3.63) is 90.0 Å². The zero-order valence-electron chi connectivity index (χ0n) is 12.4. The summed E-state index contributed by atoms with van der Waals surface area (Å²) in [5.41, 5.74) is 4.28. The van der Waals surface area contributed by atoms with Crippen LogP contribution in [0.5, 0.6) is 0 Å². The Morgan fingerprint density at radius 3 is 2.13 bits per heavy atom. The van der Waals surface area contributed by atoms with Crippen molar-refractivity contribution in [3.63, 3.8) is 0 Å². The van der Waals surface area contributed by atoms with Crippen LogP contribution in [0.4, 0.5) is 0 Å². The van der Waals surface area contributed by atoms with Crippen LogP contribution in [0.1, 0.15) is 15.9 Å². The van der Waals surface area contributed by atoms with Crippen molar-refractivity contribution in [3.8, 4) is 11.4 Å². The Bertz CT molecular complexity index is 936. The van der Waals surface area contributed by atoms with Crippen molar-refractivity contribution in [1.82, 2.24) is 9.97 Å². The second-order valence-electron chi connectivity index (χ2n) is 5.38. The van der Waals surface area contributed by atoms with E-state index >= 15 is 0 Å². The molecule has 3 nitrogen and oxygen atoms in total. The summed E-state index contributed by atoms with van der Waals surface area (Å²) in [6.07, 6.45) is 0. The number of carbonyl (C=O) groups is 1. The third kappa shape index (κ3) is 2.53. The van der Waals surface area contributed by atoms with Crippen LogP contribution in [0.3, 0.4) is 0 Å². The van der Waals surface area contributed by atoms with Crippen molar-refractivity contribution in [2.45, 2.75) is 0 Å². The molecule has 0 fully saturated rings. The number of nitrogens with zero attached hydrogens (tertiary/aromatic N) is 1. The topological polar surface area (TPSA) is 45.8 Å². The molecule has 0 aliphatic rings. The number of aromatic amines is 1. The van der Waals surface area contributed by atoms with Crippen LogP contribution in [-0.2, 0) is 0 Å². The van der Waals surface area contributed by atoms with Gasteiger partial charge >= 0.3 is 0 Å². The first kappa shape index (κ1) is 13.5. The van der Waals surface area contributed by atoms with Gasteiger partial charge < -0.3 is 4.98 Å². The van der Waals surface area contributed by atoms with Gasteiger partial charge in [0, 0.05) is 16.7 Å². The second-order valence-corrected chi connectivity index (χ2v) is 5.38. The summed E-state index contributed by atoms with van der Waals surface area (Å²) >= 11 is 0. The average Bonchev–Trinajstić information content (AvgIpc) is 3.06. The van der Waals surface area contributed by atoms with E-state index in [1.165, 1.54) is 0 Å². The molecule has 0 unspecified atom stereocenters. The molecule has 0 aliphatic carbocycles. The lowest BCUT2D eigenvalue weighted by Crippen LogP contribution is -2.00. The summed E-state index contributed by atoms with van der Waals surface area (Å²) in [7, 11) is 0. The number of rotatable bonds is 3. The minimum absolute atomic E-state index is 0.0294. The lowest BCUT2D eigenvalue weighted by molar-refractivity contribution is 0.103. The van der Waals surface area contributed by atoms with Gasteiger partial charge in [-0.15, -0.1) is 0 Å². The van der Waals surface area contributed by atoms with Gasteiger partial charge in [-0.3, -0.25) is 4.79 Å². The second kappa shape index (κ2) is 5.54. The maximum atomic E-state index is 12.4. The molecule has 0 bridgehead atoms. The average molecular weight is 298 g/mol. The fourth-order valence-corrected chi connectivity index (χ4v) is 2.63. The van der Waals surface area contributed by atoms with Crippen molar-refractivity contribution < 1.29 is 4.79 Å². The number of nitrogens with one attached hydrogen (secondary N) is 1. The van der Waals surface area contributed by atoms with Crippen LogP contribution in [0, 0.1) is 0 Å². The predicted octanol–water partition coefficient (Wildman–Crippen LogP) is 4.46. The summed E-state index contributed by atoms with van der Waals surface area (Å²) < 4.78 is 0. The number of aromatic nitrogens is 2. The minimum atomic E-state index is 0.0294. The molecule has 4 aromatic rings. The molecule has 23 heavy (non-hydrogen) atoms. The van der Waals surface area contributed by atoms with E-state index < -0.39 is 0 Å². The highest BCUT2D eigenvalue weighted by Crippen LogP contribution is 2.21. The summed E-state index contributed by atoms with van der Waals surface area (Å²) in [5.74, 6) is 0.840. The van der Waals surface area contributed by atoms with Crippen LogP contribution in [0.15, 0.2) is 78.9 Å². The molecule has 0 atom stereocenters. The molecule has 0 aliphatic heterocycles. The van der Waals surface area contributed by atoms with Crippen LogP contribution in [-0.4, -0.2) is 15.8 Å². The number of imidazole rings is 1. The Balaban J connectivity index is 1.66. The summed E-state index contributed by atoms with van der Waals surface area (Å²) in [6, 6.07) is 24.8. The Morgan fingerprint density at radius 1 is 0.739 bits per heavy atom. The number of carbonyl (C=O) groups excluding carboxylic acids is 1. The fourth-order valence-electron chi connectivity index (χ4n) is 2.63. The summed E-state index contributed by atoms with van der Waals surface area (Å²) in [6.45, 7) is 0. The lowest BCUT2D eigenvalue weighted by atomic mass is 10.0. The third-order valence-corrected chi connectivity index (χ3v) is 3.85. The van der Waals surface area contributed by atoms with E-state index in [0.29, 0.717) is 11.1 Å². The SMILES string of the molecule is O=C(c1ccccc1)c1ccc(-c2nc3ccccc3[nH]2)cc1. The maximum Gasteiger partial charge on any atom is 0.193 e. The number of fused-ring (bicyclic) bond motifs is 1. The van der Waals surface area contributed by atoms with Crippen LogP contribution in [0.25, 0.3) is 22.4 Å². The normalized spacial score (nSPS) is 10.8. The van der Waals surface area contributed by atoms with E-state index in [4.69, 9.17) is 0 Å². The Morgan fingerprint density at radius 2 is 1.39 bits per heavy atom. The fraction of sp³-hybridized carbons (Fsp3) is 0. The molecular weight excluding hydrogens is 284 g/mol. The van der Waals surface area contributed by atoms with Crippen molar-refractivity contribution >= 4 is 16.8 Å². The Labute approximate surface area is 133 Å². The minimum Gasteiger partial charge on any atom is -0.338 e. The molecule has 0 saturated heterocycles. The van der Waals surface area contributed by atoms with Crippen molar-refractivity contribution in [2.24, 2.45) is 0 Å². The van der Waals surface area contributed by atoms with Crippen molar-refractivity contribution in [2.75, 3.05) is 0 Å². The van der Waals surface area contributed by atoms with E-state index in [1.807, 2.05) is 78.9 Å². The van der Waals surface area contributed by atoms with Gasteiger partial charge in [-0.25, -0.2) is 4.98 Å². The van der Waals surface area contributed by atoms with Gasteiger partial charge in [0.2, 0.25) is 0 Å². The van der Waals surface area contributed by atoms with Crippen LogP contribution >= 0.6 is 0 Å². The quantitative estimate of drug-likeness (QED) is 0.567. The molecule has 0 amide bonds. The Hall–Kier alpha value is -3.20. The highest BCUT2D eigenvalue weighted by molar-refractivity contribution is 6.09. The molecule has 1 heterocycles. The molecule has 1 aromatic heterocycles. The zero-order valence-corrected chi connectivity index (χ0v) is 12.4. The first-order chi connectivity index (χ1) is 11.3. The molecule has 4 rings (SSSR count). The molecule has 3 heteroatoms. The third-order valence-electron chi connectivity index (χ3n) is 3.85. The van der Waals surface area contributed by atoms with Gasteiger partial charge in [0.15, 0.2) is 5.78 Å². The molecule has 0 saturated carbocycles. The van der Waals surface area contributed by atoms with Gasteiger partial charge in [-0.05, 0) is 12.1 Å². The first-order valence-electron chi connectivity index (χ1n) is 7.46. The number of ketones is 1. The van der Waals surface area contributed by atoms with E-state index in [1.54, 1.807) is 0 Å².